The van der Waals surface area contributed by atoms with Crippen LogP contribution in [0.5, 0.6) is 0 Å². The van der Waals surface area contributed by atoms with Crippen molar-refractivity contribution in [3.63, 3.8) is 0 Å². The van der Waals surface area contributed by atoms with E-state index >= 15 is 0 Å². The average molecular weight is 222 g/mol. The number of nitrogens with zero attached hydrogens (tertiary/aromatic N) is 2. The normalized spacial score (nSPS) is 12.9. The SMILES string of the molecule is COC(c1ncc(C(C)=O)c(C)n1)C(C)C. The number of rotatable bonds is 4. The monoisotopic (exact) mass is 222 g/mol. The fraction of sp³-hybridized carbons (Fsp3) is 0.583. The minimum Gasteiger partial charge on any atom is -0.373 e. The van der Waals surface area contributed by atoms with Gasteiger partial charge >= 0.3 is 0 Å². The van der Waals surface area contributed by atoms with Crippen molar-refractivity contribution in [3.05, 3.63) is 23.3 Å². The summed E-state index contributed by atoms with van der Waals surface area (Å²) in [6, 6.07) is 0. The molecule has 1 aromatic heterocycles. The number of Topliss-reactive ketones (excluding diaryl/α,β-unsaturated/α-hetero) is 1. The molecule has 0 saturated carbocycles. The Morgan fingerprint density at radius 3 is 2.44 bits per heavy atom. The van der Waals surface area contributed by atoms with Gasteiger partial charge in [0, 0.05) is 13.3 Å². The molecule has 16 heavy (non-hydrogen) atoms. The number of hydrogen-bond donors (Lipinski definition) is 0. The number of ketones is 1. The first-order valence-corrected chi connectivity index (χ1v) is 5.34. The van der Waals surface area contributed by atoms with Crippen LogP contribution in [-0.2, 0) is 4.74 Å². The van der Waals surface area contributed by atoms with Crippen molar-refractivity contribution >= 4 is 5.78 Å². The van der Waals surface area contributed by atoms with Crippen LogP contribution in [0.2, 0.25) is 0 Å². The maximum atomic E-state index is 11.2. The quantitative estimate of drug-likeness (QED) is 0.734. The van der Waals surface area contributed by atoms with E-state index in [0.717, 1.165) is 0 Å². The second-order valence-corrected chi connectivity index (χ2v) is 4.18. The Hall–Kier alpha value is -1.29. The Bertz CT molecular complexity index is 389. The highest BCUT2D eigenvalue weighted by molar-refractivity contribution is 5.94. The first kappa shape index (κ1) is 12.8. The molecule has 1 aromatic rings. The van der Waals surface area contributed by atoms with E-state index in [-0.39, 0.29) is 11.9 Å². The van der Waals surface area contributed by atoms with Gasteiger partial charge in [0.05, 0.1) is 11.3 Å². The molecule has 0 aliphatic heterocycles. The fourth-order valence-corrected chi connectivity index (χ4v) is 1.64. The third kappa shape index (κ3) is 2.64. The van der Waals surface area contributed by atoms with Crippen LogP contribution >= 0.6 is 0 Å². The lowest BCUT2D eigenvalue weighted by Crippen LogP contribution is -2.14. The van der Waals surface area contributed by atoms with Crippen molar-refractivity contribution in [3.8, 4) is 0 Å². The van der Waals surface area contributed by atoms with Crippen LogP contribution < -0.4 is 0 Å². The zero-order valence-corrected chi connectivity index (χ0v) is 10.4. The first-order valence-electron chi connectivity index (χ1n) is 5.34. The molecule has 0 aliphatic carbocycles. The van der Waals surface area contributed by atoms with Crippen LogP contribution in [0.4, 0.5) is 0 Å². The molecule has 0 fully saturated rings. The molecule has 4 nitrogen and oxygen atoms in total. The Morgan fingerprint density at radius 1 is 1.44 bits per heavy atom. The highest BCUT2D eigenvalue weighted by Gasteiger charge is 2.19. The molecule has 0 bridgehead atoms. The second-order valence-electron chi connectivity index (χ2n) is 4.18. The van der Waals surface area contributed by atoms with Crippen molar-refractivity contribution in [2.24, 2.45) is 5.92 Å². The third-order valence-electron chi connectivity index (χ3n) is 2.49. The van der Waals surface area contributed by atoms with Crippen molar-refractivity contribution < 1.29 is 9.53 Å². The number of methoxy groups -OCH3 is 1. The minimum absolute atomic E-state index is 0.0115. The van der Waals surface area contributed by atoms with Gasteiger partial charge in [0.15, 0.2) is 11.6 Å². The summed E-state index contributed by atoms with van der Waals surface area (Å²) < 4.78 is 5.34. The number of carbonyl (C=O) groups is 1. The molecular weight excluding hydrogens is 204 g/mol. The van der Waals surface area contributed by atoms with Gasteiger partial charge in [0.25, 0.3) is 0 Å². The number of carbonyl (C=O) groups excluding carboxylic acids is 1. The molecule has 88 valence electrons. The van der Waals surface area contributed by atoms with Gasteiger partial charge < -0.3 is 4.74 Å². The van der Waals surface area contributed by atoms with Gasteiger partial charge in [-0.1, -0.05) is 13.8 Å². The van der Waals surface area contributed by atoms with Crippen LogP contribution in [0.15, 0.2) is 6.20 Å². The maximum Gasteiger partial charge on any atom is 0.163 e. The summed E-state index contributed by atoms with van der Waals surface area (Å²) in [7, 11) is 1.64. The van der Waals surface area contributed by atoms with Gasteiger partial charge in [-0.3, -0.25) is 4.79 Å². The average Bonchev–Trinajstić information content (AvgIpc) is 2.17. The maximum absolute atomic E-state index is 11.2. The van der Waals surface area contributed by atoms with E-state index in [2.05, 4.69) is 9.97 Å². The number of aromatic nitrogens is 2. The van der Waals surface area contributed by atoms with Crippen LogP contribution in [-0.4, -0.2) is 22.9 Å². The largest absolute Gasteiger partial charge is 0.373 e. The van der Waals surface area contributed by atoms with E-state index in [1.165, 1.54) is 6.92 Å². The predicted octanol–water partition coefficient (Wildman–Crippen LogP) is 2.33. The molecule has 0 radical (unpaired) electrons. The molecule has 1 heterocycles. The van der Waals surface area contributed by atoms with Gasteiger partial charge in [-0.25, -0.2) is 9.97 Å². The lowest BCUT2D eigenvalue weighted by Gasteiger charge is -2.18. The molecule has 0 aromatic carbocycles. The van der Waals surface area contributed by atoms with Crippen molar-refractivity contribution in [2.45, 2.75) is 33.8 Å². The van der Waals surface area contributed by atoms with Crippen LogP contribution in [0.1, 0.15) is 48.8 Å². The van der Waals surface area contributed by atoms with Gasteiger partial charge in [-0.15, -0.1) is 0 Å². The van der Waals surface area contributed by atoms with Crippen molar-refractivity contribution in [1.82, 2.24) is 9.97 Å². The fourth-order valence-electron chi connectivity index (χ4n) is 1.64. The Kier molecular flexibility index (Phi) is 4.12. The van der Waals surface area contributed by atoms with Gasteiger partial charge in [0.1, 0.15) is 6.10 Å². The van der Waals surface area contributed by atoms with Crippen LogP contribution in [0.3, 0.4) is 0 Å². The van der Waals surface area contributed by atoms with E-state index in [0.29, 0.717) is 23.0 Å². The lowest BCUT2D eigenvalue weighted by atomic mass is 10.1. The van der Waals surface area contributed by atoms with Gasteiger partial charge in [0.2, 0.25) is 0 Å². The summed E-state index contributed by atoms with van der Waals surface area (Å²) >= 11 is 0. The molecule has 1 rings (SSSR count). The van der Waals surface area contributed by atoms with E-state index in [1.807, 2.05) is 20.8 Å². The van der Waals surface area contributed by atoms with E-state index < -0.39 is 0 Å². The summed E-state index contributed by atoms with van der Waals surface area (Å²) in [4.78, 5) is 19.8. The molecule has 1 unspecified atom stereocenters. The highest BCUT2D eigenvalue weighted by Crippen LogP contribution is 2.22. The summed E-state index contributed by atoms with van der Waals surface area (Å²) in [5.74, 6) is 0.926. The second kappa shape index (κ2) is 5.16. The summed E-state index contributed by atoms with van der Waals surface area (Å²) in [6.45, 7) is 7.42. The molecule has 0 amide bonds. The van der Waals surface area contributed by atoms with E-state index in [4.69, 9.17) is 4.74 Å². The van der Waals surface area contributed by atoms with Crippen molar-refractivity contribution in [2.75, 3.05) is 7.11 Å². The van der Waals surface area contributed by atoms with Crippen LogP contribution in [0, 0.1) is 12.8 Å². The van der Waals surface area contributed by atoms with Crippen molar-refractivity contribution in [1.29, 1.82) is 0 Å². The lowest BCUT2D eigenvalue weighted by molar-refractivity contribution is 0.0572. The van der Waals surface area contributed by atoms with E-state index in [9.17, 15) is 4.79 Å². The standard InChI is InChI=1S/C12H18N2O2/c1-7(2)11(16-5)12-13-6-10(9(4)15)8(3)14-12/h6-7,11H,1-5H3. The molecule has 4 heteroatoms. The smallest absolute Gasteiger partial charge is 0.163 e. The van der Waals surface area contributed by atoms with Gasteiger partial charge in [-0.05, 0) is 19.8 Å². The molecule has 1 atom stereocenters. The summed E-state index contributed by atoms with van der Waals surface area (Å²) in [6.07, 6.45) is 1.45. The highest BCUT2D eigenvalue weighted by atomic mass is 16.5. The Balaban J connectivity index is 3.09. The molecular formula is C12H18N2O2. The molecule has 0 saturated heterocycles. The minimum atomic E-state index is -0.125. The van der Waals surface area contributed by atoms with Crippen LogP contribution in [0.25, 0.3) is 0 Å². The molecule has 0 aliphatic rings. The number of ether oxygens (including phenoxy) is 1. The Morgan fingerprint density at radius 2 is 2.06 bits per heavy atom. The zero-order chi connectivity index (χ0) is 12.3. The molecule has 0 N–H and O–H groups in total. The summed E-state index contributed by atoms with van der Waals surface area (Å²) in [5.41, 5.74) is 1.28. The number of hydrogen-bond acceptors (Lipinski definition) is 4. The molecule has 0 spiro atoms. The Labute approximate surface area is 96.1 Å². The summed E-state index contributed by atoms with van der Waals surface area (Å²) in [5, 5.41) is 0. The topological polar surface area (TPSA) is 52.1 Å². The number of aryl methyl sites for hydroxylation is 1. The third-order valence-corrected chi connectivity index (χ3v) is 2.49. The van der Waals surface area contributed by atoms with Gasteiger partial charge in [-0.2, -0.15) is 0 Å². The first-order chi connectivity index (χ1) is 7.47. The zero-order valence-electron chi connectivity index (χ0n) is 10.4. The van der Waals surface area contributed by atoms with E-state index in [1.54, 1.807) is 13.3 Å². The predicted molar refractivity (Wildman–Crippen MR) is 61.4 cm³/mol.